The van der Waals surface area contributed by atoms with Crippen molar-refractivity contribution in [2.75, 3.05) is 27.4 Å². The first-order valence-electron chi connectivity index (χ1n) is 4.42. The Bertz CT molecular complexity index is 136. The third-order valence-corrected chi connectivity index (χ3v) is 1.69. The maximum atomic E-state index is 5.11. The van der Waals surface area contributed by atoms with Crippen molar-refractivity contribution in [1.29, 1.82) is 0 Å². The van der Waals surface area contributed by atoms with Crippen molar-refractivity contribution in [3.63, 3.8) is 0 Å². The lowest BCUT2D eigenvalue weighted by Crippen LogP contribution is -2.12. The van der Waals surface area contributed by atoms with Crippen molar-refractivity contribution >= 4 is 0 Å². The Kier molecular flexibility index (Phi) is 9.12. The highest BCUT2D eigenvalue weighted by molar-refractivity contribution is 4.82. The molecule has 0 spiro atoms. The fraction of sp³-hybridized carbons (Fsp3) is 0.800. The molecular weight excluding hydrogens is 168 g/mol. The lowest BCUT2D eigenvalue weighted by molar-refractivity contribution is -0.107. The van der Waals surface area contributed by atoms with E-state index in [4.69, 9.17) is 20.6 Å². The predicted molar refractivity (Wildman–Crippen MR) is 51.3 cm³/mol. The van der Waals surface area contributed by atoms with Gasteiger partial charge in [-0.15, -0.1) is 6.42 Å². The van der Waals surface area contributed by atoms with Gasteiger partial charge in [0, 0.05) is 20.8 Å². The molecule has 0 aliphatic rings. The summed E-state index contributed by atoms with van der Waals surface area (Å²) in [5, 5.41) is 0. The van der Waals surface area contributed by atoms with Crippen LogP contribution < -0.4 is 0 Å². The van der Waals surface area contributed by atoms with Gasteiger partial charge in [0.15, 0.2) is 6.29 Å². The highest BCUT2D eigenvalue weighted by Gasteiger charge is 2.03. The van der Waals surface area contributed by atoms with E-state index >= 15 is 0 Å². The molecule has 0 aromatic rings. The monoisotopic (exact) mass is 186 g/mol. The molecule has 0 aliphatic carbocycles. The highest BCUT2D eigenvalue weighted by atomic mass is 16.7. The van der Waals surface area contributed by atoms with E-state index in [0.717, 1.165) is 19.3 Å². The number of hydrogen-bond acceptors (Lipinski definition) is 3. The first-order valence-corrected chi connectivity index (χ1v) is 4.42. The molecular formula is C10H18O3. The Morgan fingerprint density at radius 3 is 2.46 bits per heavy atom. The summed E-state index contributed by atoms with van der Waals surface area (Å²) in [4.78, 5) is 0. The van der Waals surface area contributed by atoms with Gasteiger partial charge in [-0.2, -0.15) is 0 Å². The standard InChI is InChI=1S/C10H18O3/c1-4-8-13-9-6-5-7-10(11-2)12-3/h1,10H,5-9H2,2-3H3. The van der Waals surface area contributed by atoms with Crippen molar-refractivity contribution in [3.8, 4) is 12.3 Å². The first kappa shape index (κ1) is 12.4. The Labute approximate surface area is 80.4 Å². The average Bonchev–Trinajstić information content (AvgIpc) is 2.17. The lowest BCUT2D eigenvalue weighted by atomic mass is 10.2. The smallest absolute Gasteiger partial charge is 0.156 e. The zero-order valence-electron chi connectivity index (χ0n) is 8.41. The number of hydrogen-bond donors (Lipinski definition) is 0. The zero-order chi connectivity index (χ0) is 9.94. The summed E-state index contributed by atoms with van der Waals surface area (Å²) in [6, 6.07) is 0. The molecule has 0 heterocycles. The largest absolute Gasteiger partial charge is 0.369 e. The van der Waals surface area contributed by atoms with Crippen LogP contribution in [-0.2, 0) is 14.2 Å². The second-order valence-electron chi connectivity index (χ2n) is 2.65. The van der Waals surface area contributed by atoms with E-state index in [-0.39, 0.29) is 6.29 Å². The van der Waals surface area contributed by atoms with Gasteiger partial charge in [-0.05, 0) is 19.3 Å². The van der Waals surface area contributed by atoms with Gasteiger partial charge in [-0.25, -0.2) is 0 Å². The molecule has 76 valence electrons. The molecule has 13 heavy (non-hydrogen) atoms. The number of terminal acetylenes is 1. The van der Waals surface area contributed by atoms with Crippen molar-refractivity contribution < 1.29 is 14.2 Å². The van der Waals surface area contributed by atoms with Crippen LogP contribution in [0.3, 0.4) is 0 Å². The maximum Gasteiger partial charge on any atom is 0.156 e. The molecule has 0 atom stereocenters. The summed E-state index contributed by atoms with van der Waals surface area (Å²) in [6.07, 6.45) is 7.84. The van der Waals surface area contributed by atoms with Crippen LogP contribution in [0, 0.1) is 12.3 Å². The second kappa shape index (κ2) is 9.53. The van der Waals surface area contributed by atoms with Gasteiger partial charge in [-0.3, -0.25) is 0 Å². The van der Waals surface area contributed by atoms with Gasteiger partial charge in [0.1, 0.15) is 6.61 Å². The molecule has 0 unspecified atom stereocenters. The van der Waals surface area contributed by atoms with E-state index in [0.29, 0.717) is 13.2 Å². The SMILES string of the molecule is C#CCOCCCCC(OC)OC. The minimum atomic E-state index is -0.0902. The summed E-state index contributed by atoms with van der Waals surface area (Å²) in [7, 11) is 3.28. The Balaban J connectivity index is 3.11. The van der Waals surface area contributed by atoms with E-state index < -0.39 is 0 Å². The molecule has 3 heteroatoms. The fourth-order valence-electron chi connectivity index (χ4n) is 0.978. The molecule has 0 saturated heterocycles. The average molecular weight is 186 g/mol. The number of unbranched alkanes of at least 4 members (excludes halogenated alkanes) is 1. The van der Waals surface area contributed by atoms with Gasteiger partial charge in [-0.1, -0.05) is 5.92 Å². The summed E-state index contributed by atoms with van der Waals surface area (Å²) in [5.41, 5.74) is 0. The minimum Gasteiger partial charge on any atom is -0.369 e. The molecule has 3 nitrogen and oxygen atoms in total. The second-order valence-corrected chi connectivity index (χ2v) is 2.65. The van der Waals surface area contributed by atoms with Crippen LogP contribution in [0.2, 0.25) is 0 Å². The summed E-state index contributed by atoms with van der Waals surface area (Å²) in [5.74, 6) is 2.42. The van der Waals surface area contributed by atoms with E-state index in [2.05, 4.69) is 5.92 Å². The molecule has 0 fully saturated rings. The van der Waals surface area contributed by atoms with Crippen LogP contribution in [0.15, 0.2) is 0 Å². The summed E-state index contributed by atoms with van der Waals surface area (Å²) in [6.45, 7) is 1.11. The van der Waals surface area contributed by atoms with Crippen LogP contribution in [0.1, 0.15) is 19.3 Å². The number of rotatable bonds is 8. The molecule has 0 bridgehead atoms. The van der Waals surface area contributed by atoms with Crippen LogP contribution in [0.25, 0.3) is 0 Å². The summed E-state index contributed by atoms with van der Waals surface area (Å²) < 4.78 is 15.2. The van der Waals surface area contributed by atoms with Gasteiger partial charge in [0.05, 0.1) is 0 Å². The first-order chi connectivity index (χ1) is 6.35. The molecule has 0 radical (unpaired) electrons. The van der Waals surface area contributed by atoms with E-state index in [1.807, 2.05) is 0 Å². The quantitative estimate of drug-likeness (QED) is 0.326. The lowest BCUT2D eigenvalue weighted by Gasteiger charge is -2.12. The molecule has 0 N–H and O–H groups in total. The van der Waals surface area contributed by atoms with Crippen LogP contribution in [-0.4, -0.2) is 33.7 Å². The van der Waals surface area contributed by atoms with E-state index in [1.165, 1.54) is 0 Å². The molecule has 0 aromatic carbocycles. The Morgan fingerprint density at radius 1 is 1.23 bits per heavy atom. The van der Waals surface area contributed by atoms with Gasteiger partial charge in [0.2, 0.25) is 0 Å². The van der Waals surface area contributed by atoms with Gasteiger partial charge in [0.25, 0.3) is 0 Å². The molecule has 0 aliphatic heterocycles. The molecule has 0 aromatic heterocycles. The minimum absolute atomic E-state index is 0.0902. The zero-order valence-corrected chi connectivity index (χ0v) is 8.41. The van der Waals surface area contributed by atoms with Gasteiger partial charge >= 0.3 is 0 Å². The Morgan fingerprint density at radius 2 is 1.92 bits per heavy atom. The van der Waals surface area contributed by atoms with Crippen molar-refractivity contribution in [2.45, 2.75) is 25.6 Å². The fourth-order valence-corrected chi connectivity index (χ4v) is 0.978. The normalized spacial score (nSPS) is 10.3. The predicted octanol–water partition coefficient (Wildman–Crippen LogP) is 1.43. The molecule has 0 amide bonds. The van der Waals surface area contributed by atoms with Crippen LogP contribution in [0.4, 0.5) is 0 Å². The number of methoxy groups -OCH3 is 2. The van der Waals surface area contributed by atoms with Gasteiger partial charge < -0.3 is 14.2 Å². The molecule has 0 rings (SSSR count). The Hall–Kier alpha value is -0.560. The van der Waals surface area contributed by atoms with Crippen LogP contribution in [0.5, 0.6) is 0 Å². The third kappa shape index (κ3) is 7.79. The molecule has 0 saturated carbocycles. The van der Waals surface area contributed by atoms with E-state index in [1.54, 1.807) is 14.2 Å². The van der Waals surface area contributed by atoms with Crippen molar-refractivity contribution in [3.05, 3.63) is 0 Å². The van der Waals surface area contributed by atoms with Crippen molar-refractivity contribution in [2.24, 2.45) is 0 Å². The topological polar surface area (TPSA) is 27.7 Å². The summed E-state index contributed by atoms with van der Waals surface area (Å²) >= 11 is 0. The highest BCUT2D eigenvalue weighted by Crippen LogP contribution is 2.04. The van der Waals surface area contributed by atoms with E-state index in [9.17, 15) is 0 Å². The van der Waals surface area contributed by atoms with Crippen molar-refractivity contribution in [1.82, 2.24) is 0 Å². The third-order valence-electron chi connectivity index (χ3n) is 1.69. The maximum absolute atomic E-state index is 5.11. The number of ether oxygens (including phenoxy) is 3. The van der Waals surface area contributed by atoms with Crippen LogP contribution >= 0.6 is 0 Å².